The Balaban J connectivity index is 0.00000242. The van der Waals surface area contributed by atoms with E-state index in [1.54, 1.807) is 11.3 Å². The van der Waals surface area contributed by atoms with Crippen LogP contribution in [0.1, 0.15) is 31.5 Å². The van der Waals surface area contributed by atoms with Crippen molar-refractivity contribution in [1.29, 1.82) is 0 Å². The van der Waals surface area contributed by atoms with Crippen LogP contribution in [0.4, 0.5) is 0 Å². The minimum absolute atomic E-state index is 0. The van der Waals surface area contributed by atoms with E-state index in [0.29, 0.717) is 6.54 Å². The first-order valence-electron chi connectivity index (χ1n) is 7.05. The Labute approximate surface area is 141 Å². The van der Waals surface area contributed by atoms with Gasteiger partial charge in [0.05, 0.1) is 17.2 Å². The molecule has 1 amide bonds. The number of hydrogen-bond acceptors (Lipinski definition) is 4. The lowest BCUT2D eigenvalue weighted by molar-refractivity contribution is 0.0950. The molecule has 0 aliphatic rings. The minimum atomic E-state index is -0.0212. The molecule has 1 aromatic carbocycles. The quantitative estimate of drug-likeness (QED) is 0.850. The molecule has 6 heteroatoms. The summed E-state index contributed by atoms with van der Waals surface area (Å²) in [7, 11) is 1.91. The summed E-state index contributed by atoms with van der Waals surface area (Å²) in [6.45, 7) is 5.36. The number of hydrogen-bond donors (Lipinski definition) is 2. The van der Waals surface area contributed by atoms with Crippen molar-refractivity contribution in [3.05, 3.63) is 51.0 Å². The fourth-order valence-electron chi connectivity index (χ4n) is 2.21. The number of aryl methyl sites for hydroxylation is 2. The zero-order valence-electron chi connectivity index (χ0n) is 13.1. The number of nitrogens with one attached hydrogen (secondary N) is 2. The van der Waals surface area contributed by atoms with Crippen molar-refractivity contribution >= 4 is 29.7 Å². The van der Waals surface area contributed by atoms with Crippen molar-refractivity contribution < 1.29 is 4.79 Å². The maximum Gasteiger partial charge on any atom is 0.251 e. The van der Waals surface area contributed by atoms with Crippen molar-refractivity contribution in [3.8, 4) is 0 Å². The van der Waals surface area contributed by atoms with Crippen molar-refractivity contribution in [3.63, 3.8) is 0 Å². The number of nitrogens with zero attached hydrogens (tertiary/aromatic N) is 1. The van der Waals surface area contributed by atoms with Crippen molar-refractivity contribution in [2.24, 2.45) is 0 Å². The summed E-state index contributed by atoms with van der Waals surface area (Å²) >= 11 is 1.63. The van der Waals surface area contributed by atoms with E-state index in [9.17, 15) is 4.79 Å². The molecule has 4 nitrogen and oxygen atoms in total. The maximum atomic E-state index is 12.4. The molecule has 1 aromatic heterocycles. The van der Waals surface area contributed by atoms with E-state index >= 15 is 0 Å². The lowest BCUT2D eigenvalue weighted by Gasteiger charge is -2.09. The van der Waals surface area contributed by atoms with Crippen LogP contribution in [0.3, 0.4) is 0 Å². The predicted molar refractivity (Wildman–Crippen MR) is 94.1 cm³/mol. The van der Waals surface area contributed by atoms with Crippen LogP contribution < -0.4 is 10.6 Å². The van der Waals surface area contributed by atoms with Gasteiger partial charge in [-0.05, 0) is 45.5 Å². The van der Waals surface area contributed by atoms with Gasteiger partial charge in [-0.2, -0.15) is 0 Å². The highest BCUT2D eigenvalue weighted by Crippen LogP contribution is 2.17. The summed E-state index contributed by atoms with van der Waals surface area (Å²) in [5, 5.41) is 7.14. The number of likely N-dealkylation sites (N-methyl/N-ethyl adjacent to an activating group) is 1. The van der Waals surface area contributed by atoms with Gasteiger partial charge >= 0.3 is 0 Å². The molecule has 0 saturated carbocycles. The average Bonchev–Trinajstić information content (AvgIpc) is 2.81. The van der Waals surface area contributed by atoms with Crippen LogP contribution in [-0.4, -0.2) is 24.5 Å². The predicted octanol–water partition coefficient (Wildman–Crippen LogP) is 2.87. The van der Waals surface area contributed by atoms with Crippen molar-refractivity contribution in [2.45, 2.75) is 26.8 Å². The van der Waals surface area contributed by atoms with Crippen LogP contribution in [0.25, 0.3) is 0 Å². The number of rotatable bonds is 6. The van der Waals surface area contributed by atoms with Crippen LogP contribution in [0.5, 0.6) is 0 Å². The van der Waals surface area contributed by atoms with E-state index in [4.69, 9.17) is 0 Å². The number of aromatic nitrogens is 1. The van der Waals surface area contributed by atoms with E-state index in [-0.39, 0.29) is 18.3 Å². The smallest absolute Gasteiger partial charge is 0.251 e. The highest BCUT2D eigenvalue weighted by Gasteiger charge is 2.12. The molecule has 0 radical (unpaired) electrons. The molecule has 0 aliphatic carbocycles. The highest BCUT2D eigenvalue weighted by atomic mass is 35.5. The monoisotopic (exact) mass is 339 g/mol. The second-order valence-electron chi connectivity index (χ2n) is 4.93. The molecule has 2 N–H and O–H groups in total. The lowest BCUT2D eigenvalue weighted by Crippen LogP contribution is -2.24. The molecule has 2 rings (SSSR count). The van der Waals surface area contributed by atoms with Gasteiger partial charge in [-0.15, -0.1) is 23.7 Å². The van der Waals surface area contributed by atoms with Gasteiger partial charge in [-0.1, -0.05) is 18.2 Å². The minimum Gasteiger partial charge on any atom is -0.347 e. The summed E-state index contributed by atoms with van der Waals surface area (Å²) < 4.78 is 0. The summed E-state index contributed by atoms with van der Waals surface area (Å²) in [6.07, 6.45) is 0.846. The third-order valence-electron chi connectivity index (χ3n) is 3.32. The largest absolute Gasteiger partial charge is 0.347 e. The molecule has 0 bridgehead atoms. The molecular weight excluding hydrogens is 318 g/mol. The summed E-state index contributed by atoms with van der Waals surface area (Å²) in [5.74, 6) is -0.0212. The van der Waals surface area contributed by atoms with Crippen LogP contribution in [-0.2, 0) is 13.0 Å². The van der Waals surface area contributed by atoms with Gasteiger partial charge in [0.25, 0.3) is 5.91 Å². The molecule has 1 heterocycles. The number of halogens is 1. The third-order valence-corrected chi connectivity index (χ3v) is 4.39. The summed E-state index contributed by atoms with van der Waals surface area (Å²) in [6, 6.07) is 7.76. The molecular formula is C16H22ClN3OS. The second kappa shape index (κ2) is 8.88. The molecule has 120 valence electrons. The molecule has 0 fully saturated rings. The van der Waals surface area contributed by atoms with Crippen LogP contribution in [0.2, 0.25) is 0 Å². The Kier molecular flexibility index (Phi) is 7.51. The second-order valence-corrected chi connectivity index (χ2v) is 6.22. The molecule has 2 aromatic rings. The highest BCUT2D eigenvalue weighted by molar-refractivity contribution is 7.11. The molecule has 0 saturated heterocycles. The Morgan fingerprint density at radius 1 is 1.27 bits per heavy atom. The lowest BCUT2D eigenvalue weighted by atomic mass is 10.0. The summed E-state index contributed by atoms with van der Waals surface area (Å²) in [5.41, 5.74) is 2.83. The van der Waals surface area contributed by atoms with Crippen molar-refractivity contribution in [2.75, 3.05) is 13.6 Å². The van der Waals surface area contributed by atoms with E-state index in [2.05, 4.69) is 15.6 Å². The van der Waals surface area contributed by atoms with Crippen LogP contribution >= 0.6 is 23.7 Å². The van der Waals surface area contributed by atoms with E-state index in [1.807, 2.05) is 45.2 Å². The van der Waals surface area contributed by atoms with E-state index in [1.165, 1.54) is 0 Å². The maximum absolute atomic E-state index is 12.4. The first kappa shape index (κ1) is 18.6. The number of benzene rings is 1. The molecule has 0 aliphatic heterocycles. The number of amides is 1. The van der Waals surface area contributed by atoms with Gasteiger partial charge in [-0.25, -0.2) is 4.98 Å². The number of carbonyl (C=O) groups is 1. The van der Waals surface area contributed by atoms with Gasteiger partial charge in [0.15, 0.2) is 0 Å². The SMILES string of the molecule is CNCCc1ccccc1C(=O)NCc1sc(C)nc1C.Cl. The molecule has 0 atom stereocenters. The summed E-state index contributed by atoms with van der Waals surface area (Å²) in [4.78, 5) is 17.9. The Morgan fingerprint density at radius 3 is 2.64 bits per heavy atom. The van der Waals surface area contributed by atoms with Crippen LogP contribution in [0, 0.1) is 13.8 Å². The zero-order valence-corrected chi connectivity index (χ0v) is 14.7. The first-order chi connectivity index (χ1) is 10.1. The number of thiazole rings is 1. The Bertz CT molecular complexity index is 628. The molecule has 0 unspecified atom stereocenters. The van der Waals surface area contributed by atoms with Gasteiger partial charge in [0.2, 0.25) is 0 Å². The topological polar surface area (TPSA) is 54.0 Å². The molecule has 0 spiro atoms. The van der Waals surface area contributed by atoms with Gasteiger partial charge < -0.3 is 10.6 Å². The van der Waals surface area contributed by atoms with Crippen molar-refractivity contribution in [1.82, 2.24) is 15.6 Å². The van der Waals surface area contributed by atoms with E-state index < -0.39 is 0 Å². The third kappa shape index (κ3) is 4.80. The molecule has 22 heavy (non-hydrogen) atoms. The fourth-order valence-corrected chi connectivity index (χ4v) is 3.09. The first-order valence-corrected chi connectivity index (χ1v) is 7.87. The van der Waals surface area contributed by atoms with Gasteiger partial charge in [0.1, 0.15) is 0 Å². The average molecular weight is 340 g/mol. The Morgan fingerprint density at radius 2 is 2.00 bits per heavy atom. The van der Waals surface area contributed by atoms with Gasteiger partial charge in [0, 0.05) is 10.4 Å². The zero-order chi connectivity index (χ0) is 15.2. The fraction of sp³-hybridized carbons (Fsp3) is 0.375. The number of carbonyl (C=O) groups excluding carboxylic acids is 1. The van der Waals surface area contributed by atoms with E-state index in [0.717, 1.165) is 39.7 Å². The Hall–Kier alpha value is -1.43. The normalized spacial score (nSPS) is 10.1. The van der Waals surface area contributed by atoms with Crippen LogP contribution in [0.15, 0.2) is 24.3 Å². The standard InChI is InChI=1S/C16H21N3OS.ClH/c1-11-15(21-12(2)19-11)10-18-16(20)14-7-5-4-6-13(14)8-9-17-3;/h4-7,17H,8-10H2,1-3H3,(H,18,20);1H. The van der Waals surface area contributed by atoms with Gasteiger partial charge in [-0.3, -0.25) is 4.79 Å².